The van der Waals surface area contributed by atoms with Gasteiger partial charge in [-0.15, -0.1) is 0 Å². The molecule has 0 aromatic heterocycles. The molecule has 2 aromatic rings. The van der Waals surface area contributed by atoms with Gasteiger partial charge < -0.3 is 10.2 Å². The number of amides is 1. The van der Waals surface area contributed by atoms with Crippen molar-refractivity contribution in [2.24, 2.45) is 0 Å². The Hall–Kier alpha value is -2.29. The first-order valence-corrected chi connectivity index (χ1v) is 10.5. The summed E-state index contributed by atoms with van der Waals surface area (Å²) in [5.74, 6) is -0.636. The van der Waals surface area contributed by atoms with Crippen molar-refractivity contribution in [2.45, 2.75) is 30.8 Å². The molecule has 6 nitrogen and oxygen atoms in total. The van der Waals surface area contributed by atoms with E-state index in [-0.39, 0.29) is 23.8 Å². The monoisotopic (exact) mass is 407 g/mol. The molecule has 0 fully saturated rings. The Morgan fingerprint density at radius 1 is 1.04 bits per heavy atom. The van der Waals surface area contributed by atoms with Crippen molar-refractivity contribution in [3.05, 3.63) is 65.5 Å². The summed E-state index contributed by atoms with van der Waals surface area (Å²) in [6, 6.07) is 12.5. The van der Waals surface area contributed by atoms with Crippen LogP contribution in [-0.2, 0) is 27.9 Å². The quantitative estimate of drug-likeness (QED) is 0.592. The number of nitrogens with zero attached hydrogens (tertiary/aromatic N) is 1. The SMILES string of the molecule is CN(C)Cc1ccccc1CNC(=O)CCCNS(=O)(=O)c1ccc(F)cc1. The molecule has 0 saturated carbocycles. The van der Waals surface area contributed by atoms with Crippen LogP contribution in [0.3, 0.4) is 0 Å². The molecular formula is C20H26FN3O3S. The fourth-order valence-corrected chi connectivity index (χ4v) is 3.73. The van der Waals surface area contributed by atoms with E-state index in [0.717, 1.165) is 29.8 Å². The van der Waals surface area contributed by atoms with E-state index in [9.17, 15) is 17.6 Å². The number of carbonyl (C=O) groups excluding carboxylic acids is 1. The zero-order chi connectivity index (χ0) is 20.6. The molecule has 8 heteroatoms. The number of hydrogen-bond donors (Lipinski definition) is 2. The molecule has 0 aliphatic carbocycles. The van der Waals surface area contributed by atoms with Gasteiger partial charge in [-0.1, -0.05) is 24.3 Å². The molecule has 0 radical (unpaired) electrons. The summed E-state index contributed by atoms with van der Waals surface area (Å²) in [6.45, 7) is 1.35. The van der Waals surface area contributed by atoms with Crippen LogP contribution in [0.15, 0.2) is 53.4 Å². The lowest BCUT2D eigenvalue weighted by molar-refractivity contribution is -0.121. The zero-order valence-electron chi connectivity index (χ0n) is 16.1. The molecule has 28 heavy (non-hydrogen) atoms. The Balaban J connectivity index is 1.75. The van der Waals surface area contributed by atoms with Crippen molar-refractivity contribution in [1.82, 2.24) is 14.9 Å². The van der Waals surface area contributed by atoms with Crippen LogP contribution in [0.4, 0.5) is 4.39 Å². The van der Waals surface area contributed by atoms with Crippen LogP contribution in [0.25, 0.3) is 0 Å². The summed E-state index contributed by atoms with van der Waals surface area (Å²) in [5.41, 5.74) is 2.21. The van der Waals surface area contributed by atoms with Crippen LogP contribution in [0.2, 0.25) is 0 Å². The summed E-state index contributed by atoms with van der Waals surface area (Å²) < 4.78 is 39.5. The number of hydrogen-bond acceptors (Lipinski definition) is 4. The van der Waals surface area contributed by atoms with Crippen molar-refractivity contribution in [1.29, 1.82) is 0 Å². The lowest BCUT2D eigenvalue weighted by atomic mass is 10.1. The molecule has 0 aliphatic heterocycles. The van der Waals surface area contributed by atoms with Gasteiger partial charge >= 0.3 is 0 Å². The van der Waals surface area contributed by atoms with Crippen molar-refractivity contribution >= 4 is 15.9 Å². The Kier molecular flexibility index (Phi) is 8.10. The number of rotatable bonds is 10. The van der Waals surface area contributed by atoms with Gasteiger partial charge in [-0.05, 0) is 55.9 Å². The molecule has 2 N–H and O–H groups in total. The molecule has 0 unspecified atom stereocenters. The summed E-state index contributed by atoms with van der Waals surface area (Å²) in [7, 11) is 0.276. The molecule has 1 amide bonds. The van der Waals surface area contributed by atoms with Crippen LogP contribution in [-0.4, -0.2) is 39.9 Å². The van der Waals surface area contributed by atoms with Crippen LogP contribution in [0.5, 0.6) is 0 Å². The van der Waals surface area contributed by atoms with Crippen molar-refractivity contribution in [3.8, 4) is 0 Å². The molecule has 0 heterocycles. The minimum absolute atomic E-state index is 0.00384. The van der Waals surface area contributed by atoms with Gasteiger partial charge in [0.2, 0.25) is 15.9 Å². The van der Waals surface area contributed by atoms with E-state index in [0.29, 0.717) is 13.0 Å². The molecule has 0 saturated heterocycles. The van der Waals surface area contributed by atoms with Gasteiger partial charge in [0.05, 0.1) is 4.90 Å². The Morgan fingerprint density at radius 2 is 1.68 bits per heavy atom. The maximum absolute atomic E-state index is 12.9. The van der Waals surface area contributed by atoms with E-state index in [1.807, 2.05) is 38.4 Å². The number of halogens is 1. The lowest BCUT2D eigenvalue weighted by Crippen LogP contribution is -2.27. The second-order valence-electron chi connectivity index (χ2n) is 6.74. The van der Waals surface area contributed by atoms with E-state index in [1.165, 1.54) is 12.1 Å². The van der Waals surface area contributed by atoms with Gasteiger partial charge in [-0.25, -0.2) is 17.5 Å². The predicted molar refractivity (Wildman–Crippen MR) is 107 cm³/mol. The van der Waals surface area contributed by atoms with Crippen molar-refractivity contribution in [3.63, 3.8) is 0 Å². The maximum Gasteiger partial charge on any atom is 0.240 e. The molecule has 2 rings (SSSR count). The molecule has 152 valence electrons. The third kappa shape index (κ3) is 7.03. The number of sulfonamides is 1. The average Bonchev–Trinajstić information content (AvgIpc) is 2.64. The van der Waals surface area contributed by atoms with Crippen molar-refractivity contribution in [2.75, 3.05) is 20.6 Å². The third-order valence-corrected chi connectivity index (χ3v) is 5.55. The summed E-state index contributed by atoms with van der Waals surface area (Å²) >= 11 is 0. The first-order valence-electron chi connectivity index (χ1n) is 9.01. The first-order chi connectivity index (χ1) is 13.3. The van der Waals surface area contributed by atoms with Gasteiger partial charge in [0.25, 0.3) is 0 Å². The van der Waals surface area contributed by atoms with Crippen LogP contribution < -0.4 is 10.0 Å². The number of carbonyl (C=O) groups is 1. The zero-order valence-corrected chi connectivity index (χ0v) is 16.9. The fraction of sp³-hybridized carbons (Fsp3) is 0.350. The highest BCUT2D eigenvalue weighted by Gasteiger charge is 2.13. The fourth-order valence-electron chi connectivity index (χ4n) is 2.66. The van der Waals surface area contributed by atoms with E-state index < -0.39 is 15.8 Å². The van der Waals surface area contributed by atoms with Gasteiger partial charge in [0.1, 0.15) is 5.82 Å². The third-order valence-electron chi connectivity index (χ3n) is 4.08. The normalized spacial score (nSPS) is 11.6. The van der Waals surface area contributed by atoms with E-state index in [2.05, 4.69) is 14.9 Å². The van der Waals surface area contributed by atoms with Gasteiger partial charge in [0.15, 0.2) is 0 Å². The molecule has 2 aromatic carbocycles. The number of benzene rings is 2. The van der Waals surface area contributed by atoms with Crippen LogP contribution >= 0.6 is 0 Å². The standard InChI is InChI=1S/C20H26FN3O3S/c1-24(2)15-17-7-4-3-6-16(17)14-22-20(25)8-5-13-23-28(26,27)19-11-9-18(21)10-12-19/h3-4,6-7,9-12,23H,5,8,13-15H2,1-2H3,(H,22,25). The highest BCUT2D eigenvalue weighted by molar-refractivity contribution is 7.89. The molecule has 0 atom stereocenters. The second-order valence-corrected chi connectivity index (χ2v) is 8.51. The topological polar surface area (TPSA) is 78.5 Å². The van der Waals surface area contributed by atoms with Gasteiger partial charge in [-0.2, -0.15) is 0 Å². The average molecular weight is 408 g/mol. The Labute approximate surface area is 165 Å². The summed E-state index contributed by atoms with van der Waals surface area (Å²) in [5, 5.41) is 2.87. The highest BCUT2D eigenvalue weighted by atomic mass is 32.2. The first kappa shape index (κ1) is 22.0. The Bertz CT molecular complexity index is 884. The minimum Gasteiger partial charge on any atom is -0.352 e. The minimum atomic E-state index is -3.70. The maximum atomic E-state index is 12.9. The van der Waals surface area contributed by atoms with E-state index in [1.54, 1.807) is 0 Å². The largest absolute Gasteiger partial charge is 0.352 e. The highest BCUT2D eigenvalue weighted by Crippen LogP contribution is 2.11. The van der Waals surface area contributed by atoms with Crippen LogP contribution in [0.1, 0.15) is 24.0 Å². The van der Waals surface area contributed by atoms with Crippen molar-refractivity contribution < 1.29 is 17.6 Å². The second kappa shape index (κ2) is 10.3. The van der Waals surface area contributed by atoms with E-state index >= 15 is 0 Å². The molecule has 0 aliphatic rings. The molecule has 0 spiro atoms. The predicted octanol–water partition coefficient (Wildman–Crippen LogP) is 2.26. The summed E-state index contributed by atoms with van der Waals surface area (Å²) in [4.78, 5) is 14.1. The molecular weight excluding hydrogens is 381 g/mol. The van der Waals surface area contributed by atoms with Gasteiger partial charge in [-0.3, -0.25) is 4.79 Å². The summed E-state index contributed by atoms with van der Waals surface area (Å²) in [6.07, 6.45) is 0.577. The van der Waals surface area contributed by atoms with Crippen LogP contribution in [0, 0.1) is 5.82 Å². The smallest absolute Gasteiger partial charge is 0.240 e. The lowest BCUT2D eigenvalue weighted by Gasteiger charge is -2.14. The van der Waals surface area contributed by atoms with Gasteiger partial charge in [0, 0.05) is 26.1 Å². The number of nitrogens with one attached hydrogen (secondary N) is 2. The molecule has 0 bridgehead atoms. The Morgan fingerprint density at radius 3 is 2.32 bits per heavy atom. The van der Waals surface area contributed by atoms with E-state index in [4.69, 9.17) is 0 Å².